The lowest BCUT2D eigenvalue weighted by Gasteiger charge is -2.46. The van der Waals surface area contributed by atoms with E-state index in [2.05, 4.69) is 256 Å². The van der Waals surface area contributed by atoms with Gasteiger partial charge in [-0.1, -0.05) is 207 Å². The van der Waals surface area contributed by atoms with E-state index < -0.39 is 5.41 Å². The third kappa shape index (κ3) is 6.48. The number of nitrogens with zero attached hydrogens (tertiary/aromatic N) is 3. The second-order valence-corrected chi connectivity index (χ2v) is 16.5. The van der Waals surface area contributed by atoms with Gasteiger partial charge in [-0.05, 0) is 88.7 Å². The third-order valence-electron chi connectivity index (χ3n) is 12.8. The van der Waals surface area contributed by atoms with E-state index in [0.717, 1.165) is 72.5 Å². The monoisotopic (exact) mass is 823 g/mol. The van der Waals surface area contributed by atoms with Gasteiger partial charge in [-0.2, -0.15) is 0 Å². The van der Waals surface area contributed by atoms with Crippen molar-refractivity contribution < 1.29 is 0 Å². The summed E-state index contributed by atoms with van der Waals surface area (Å²) < 4.78 is 2.29. The molecular weight excluding hydrogens is 775 g/mol. The predicted molar refractivity (Wildman–Crippen MR) is 273 cm³/mol. The standard InChI is InChI=1S/C61H49N3/c1-6-40-63-56-37-22-21-35-54(56)61(46-24-11-8-12-25-46,47-26-13-9-14-27-47)55-36-23-34-49(58(55)63)44(5)41-43(4)42(3)38-39-45(7-2)60-62-57-52-32-19-17-30-50(52)51-31-18-20-33-53(51)59(57)64(60)48-28-15-10-16-29-48/h6-41H,2,4H2,1,3,5H3/b40-6+,42-38+,44-41+,45-39+. The molecule has 0 saturated carbocycles. The van der Waals surface area contributed by atoms with E-state index in [1.54, 1.807) is 0 Å². The Morgan fingerprint density at radius 1 is 0.594 bits per heavy atom. The van der Waals surface area contributed by atoms with Crippen molar-refractivity contribution in [3.8, 4) is 5.69 Å². The molecule has 1 aromatic heterocycles. The Morgan fingerprint density at radius 3 is 1.81 bits per heavy atom. The van der Waals surface area contributed by atoms with Gasteiger partial charge in [0.15, 0.2) is 0 Å². The lowest BCUT2D eigenvalue weighted by molar-refractivity contribution is 0.730. The molecule has 1 aliphatic rings. The van der Waals surface area contributed by atoms with Crippen LogP contribution in [0.5, 0.6) is 0 Å². The summed E-state index contributed by atoms with van der Waals surface area (Å²) in [6, 6.07) is 65.3. The molecule has 8 aromatic carbocycles. The van der Waals surface area contributed by atoms with E-state index in [9.17, 15) is 0 Å². The molecule has 308 valence electrons. The van der Waals surface area contributed by atoms with Crippen molar-refractivity contribution in [2.24, 2.45) is 0 Å². The first-order chi connectivity index (χ1) is 31.4. The van der Waals surface area contributed by atoms with Crippen LogP contribution in [0.2, 0.25) is 0 Å². The Balaban J connectivity index is 1.11. The van der Waals surface area contributed by atoms with E-state index in [4.69, 9.17) is 4.98 Å². The normalized spacial score (nSPS) is 14.0. The van der Waals surface area contributed by atoms with Crippen LogP contribution in [-0.4, -0.2) is 9.55 Å². The first-order valence-corrected chi connectivity index (χ1v) is 22.0. The Morgan fingerprint density at radius 2 is 1.16 bits per heavy atom. The molecule has 2 heterocycles. The largest absolute Gasteiger partial charge is 0.316 e. The van der Waals surface area contributed by atoms with Crippen LogP contribution < -0.4 is 4.90 Å². The molecule has 0 saturated heterocycles. The molecule has 10 rings (SSSR count). The van der Waals surface area contributed by atoms with Crippen molar-refractivity contribution in [3.63, 3.8) is 0 Å². The van der Waals surface area contributed by atoms with Crippen LogP contribution >= 0.6 is 0 Å². The van der Waals surface area contributed by atoms with Crippen LogP contribution in [-0.2, 0) is 5.41 Å². The molecule has 0 fully saturated rings. The van der Waals surface area contributed by atoms with Gasteiger partial charge >= 0.3 is 0 Å². The second kappa shape index (κ2) is 16.7. The summed E-state index contributed by atoms with van der Waals surface area (Å²) in [7, 11) is 0. The highest BCUT2D eigenvalue weighted by Crippen LogP contribution is 2.57. The molecule has 0 spiro atoms. The molecule has 0 atom stereocenters. The summed E-state index contributed by atoms with van der Waals surface area (Å²) in [6.45, 7) is 15.4. The number of anilines is 2. The van der Waals surface area contributed by atoms with Crippen LogP contribution in [0.15, 0.2) is 243 Å². The minimum Gasteiger partial charge on any atom is -0.316 e. The summed E-state index contributed by atoms with van der Waals surface area (Å²) in [5, 5.41) is 4.68. The first-order valence-electron chi connectivity index (χ1n) is 22.0. The molecule has 0 amide bonds. The van der Waals surface area contributed by atoms with Gasteiger partial charge in [0.1, 0.15) is 5.82 Å². The van der Waals surface area contributed by atoms with E-state index in [1.165, 1.54) is 33.0 Å². The molecule has 0 aliphatic carbocycles. The molecule has 3 nitrogen and oxygen atoms in total. The van der Waals surface area contributed by atoms with Gasteiger partial charge in [0.25, 0.3) is 0 Å². The maximum atomic E-state index is 5.43. The number of imidazole rings is 1. The highest BCUT2D eigenvalue weighted by atomic mass is 15.1. The van der Waals surface area contributed by atoms with Gasteiger partial charge in [0, 0.05) is 33.8 Å². The zero-order valence-electron chi connectivity index (χ0n) is 36.5. The summed E-state index contributed by atoms with van der Waals surface area (Å²) >= 11 is 0. The van der Waals surface area contributed by atoms with Gasteiger partial charge in [-0.3, -0.25) is 4.57 Å². The summed E-state index contributed by atoms with van der Waals surface area (Å²) in [4.78, 5) is 7.81. The minimum absolute atomic E-state index is 0.559. The number of para-hydroxylation sites is 3. The smallest absolute Gasteiger partial charge is 0.145 e. The Bertz CT molecular complexity index is 3340. The first kappa shape index (κ1) is 40.1. The van der Waals surface area contributed by atoms with Gasteiger partial charge in [-0.15, -0.1) is 0 Å². The molecule has 0 bridgehead atoms. The fourth-order valence-electron chi connectivity index (χ4n) is 9.90. The van der Waals surface area contributed by atoms with Crippen LogP contribution in [0.3, 0.4) is 0 Å². The van der Waals surface area contributed by atoms with Crippen molar-refractivity contribution in [1.29, 1.82) is 0 Å². The Labute approximate surface area is 376 Å². The number of allylic oxidation sites excluding steroid dienone is 9. The van der Waals surface area contributed by atoms with Crippen molar-refractivity contribution in [2.75, 3.05) is 4.90 Å². The highest BCUT2D eigenvalue weighted by Gasteiger charge is 2.46. The van der Waals surface area contributed by atoms with Crippen molar-refractivity contribution in [3.05, 3.63) is 277 Å². The predicted octanol–water partition coefficient (Wildman–Crippen LogP) is 15.9. The second-order valence-electron chi connectivity index (χ2n) is 16.5. The van der Waals surface area contributed by atoms with Crippen LogP contribution in [0, 0.1) is 0 Å². The van der Waals surface area contributed by atoms with Crippen LogP contribution in [0.4, 0.5) is 11.4 Å². The van der Waals surface area contributed by atoms with Crippen molar-refractivity contribution in [1.82, 2.24) is 9.55 Å². The topological polar surface area (TPSA) is 21.1 Å². The molecule has 64 heavy (non-hydrogen) atoms. The van der Waals surface area contributed by atoms with Crippen LogP contribution in [0.25, 0.3) is 49.4 Å². The average Bonchev–Trinajstić information content (AvgIpc) is 3.76. The highest BCUT2D eigenvalue weighted by molar-refractivity contribution is 6.24. The molecule has 0 radical (unpaired) electrons. The molecule has 0 N–H and O–H groups in total. The fourth-order valence-corrected chi connectivity index (χ4v) is 9.90. The SMILES string of the molecule is C=C/C(=C\C=C(/C)C(=C)/C=C(\C)c1cccc2c1N(/C=C/C)c1ccccc1C2(c1ccccc1)c1ccccc1)c1nc2c3ccccc3c3ccccc3c2n1-c1ccccc1. The maximum absolute atomic E-state index is 5.43. The zero-order chi connectivity index (χ0) is 43.8. The summed E-state index contributed by atoms with van der Waals surface area (Å²) in [5.74, 6) is 0.833. The molecule has 1 aliphatic heterocycles. The number of hydrogen-bond donors (Lipinski definition) is 0. The summed E-state index contributed by atoms with van der Waals surface area (Å²) in [6.07, 6.45) is 12.7. The van der Waals surface area contributed by atoms with Crippen molar-refractivity contribution in [2.45, 2.75) is 26.2 Å². The third-order valence-corrected chi connectivity index (χ3v) is 12.8. The van der Waals surface area contributed by atoms with Gasteiger partial charge in [-0.25, -0.2) is 4.98 Å². The van der Waals surface area contributed by atoms with Gasteiger partial charge in [0.2, 0.25) is 0 Å². The quantitative estimate of drug-likeness (QED) is 0.101. The number of benzene rings is 8. The summed E-state index contributed by atoms with van der Waals surface area (Å²) in [5.41, 5.74) is 14.9. The zero-order valence-corrected chi connectivity index (χ0v) is 36.5. The Kier molecular flexibility index (Phi) is 10.5. The van der Waals surface area contributed by atoms with E-state index in [-0.39, 0.29) is 0 Å². The fraction of sp³-hybridized carbons (Fsp3) is 0.0656. The van der Waals surface area contributed by atoms with E-state index in [1.807, 2.05) is 6.08 Å². The van der Waals surface area contributed by atoms with E-state index >= 15 is 0 Å². The van der Waals surface area contributed by atoms with Gasteiger partial charge in [0.05, 0.1) is 27.8 Å². The van der Waals surface area contributed by atoms with Gasteiger partial charge < -0.3 is 4.90 Å². The maximum Gasteiger partial charge on any atom is 0.145 e. The number of aromatic nitrogens is 2. The molecule has 0 unspecified atom stereocenters. The molecule has 9 aromatic rings. The molecule has 3 heteroatoms. The van der Waals surface area contributed by atoms with Crippen molar-refractivity contribution >= 4 is 55.1 Å². The van der Waals surface area contributed by atoms with Crippen LogP contribution in [0.1, 0.15) is 54.4 Å². The molecular formula is C61H49N3. The number of fused-ring (bicyclic) bond motifs is 8. The minimum atomic E-state index is -0.559. The number of rotatable bonds is 10. The lowest BCUT2D eigenvalue weighted by atomic mass is 9.62. The number of hydrogen-bond acceptors (Lipinski definition) is 2. The average molecular weight is 824 g/mol. The van der Waals surface area contributed by atoms with E-state index in [0.29, 0.717) is 0 Å². The Hall–Kier alpha value is -8.01. The lowest BCUT2D eigenvalue weighted by Crippen LogP contribution is -2.38.